The Labute approximate surface area is 232 Å². The molecule has 2 aliphatic rings. The minimum absolute atomic E-state index is 0. The van der Waals surface area contributed by atoms with E-state index in [1.54, 1.807) is 0 Å². The lowest BCUT2D eigenvalue weighted by Gasteiger charge is -2.22. The minimum Gasteiger partial charge on any atom is -0.493 e. The Morgan fingerprint density at radius 2 is 1.61 bits per heavy atom. The van der Waals surface area contributed by atoms with Crippen LogP contribution in [0.2, 0.25) is 0 Å². The zero-order valence-corrected chi connectivity index (χ0v) is 23.8. The van der Waals surface area contributed by atoms with Crippen LogP contribution < -0.4 is 15.0 Å². The van der Waals surface area contributed by atoms with Gasteiger partial charge in [0.2, 0.25) is 0 Å². The number of hydrogen-bond acceptors (Lipinski definition) is 4. The van der Waals surface area contributed by atoms with Gasteiger partial charge < -0.3 is 19.5 Å². The molecule has 3 aromatic carbocycles. The fourth-order valence-electron chi connectivity index (χ4n) is 5.12. The summed E-state index contributed by atoms with van der Waals surface area (Å²) in [6, 6.07) is 22.4. The van der Waals surface area contributed by atoms with Gasteiger partial charge >= 0.3 is 0 Å². The van der Waals surface area contributed by atoms with E-state index in [1.807, 2.05) is 50.5 Å². The highest BCUT2D eigenvalue weighted by Crippen LogP contribution is 2.53. The van der Waals surface area contributed by atoms with Gasteiger partial charge in [0, 0.05) is 61.5 Å². The molecule has 0 aliphatic carbocycles. The van der Waals surface area contributed by atoms with Crippen molar-refractivity contribution < 1.29 is 14.1 Å². The molecule has 38 heavy (non-hydrogen) atoms. The molecule has 3 aromatic rings. The third-order valence-corrected chi connectivity index (χ3v) is 10.5. The summed E-state index contributed by atoms with van der Waals surface area (Å²) in [6.07, 6.45) is 8.24. The number of fused-ring (bicyclic) bond motifs is 1. The Kier molecular flexibility index (Phi) is 9.02. The molecule has 1 fully saturated rings. The molecule has 2 heterocycles. The highest BCUT2D eigenvalue weighted by Gasteiger charge is 2.25. The molecular weight excluding hydrogens is 515 g/mol. The Morgan fingerprint density at radius 3 is 2.29 bits per heavy atom. The van der Waals surface area contributed by atoms with Crippen molar-refractivity contribution >= 4 is 42.9 Å². The third-order valence-electron chi connectivity index (χ3n) is 7.29. The second-order valence-electron chi connectivity index (χ2n) is 10.3. The molecule has 1 amide bonds. The van der Waals surface area contributed by atoms with Crippen LogP contribution in [0.25, 0.3) is 17.2 Å². The number of anilines is 2. The van der Waals surface area contributed by atoms with Crippen LogP contribution in [-0.4, -0.2) is 38.9 Å². The maximum absolute atomic E-state index is 13.2. The summed E-state index contributed by atoms with van der Waals surface area (Å²) < 4.78 is 19.0. The van der Waals surface area contributed by atoms with E-state index in [9.17, 15) is 9.36 Å². The van der Waals surface area contributed by atoms with Gasteiger partial charge in [-0.3, -0.25) is 4.79 Å². The number of benzene rings is 3. The predicted molar refractivity (Wildman–Crippen MR) is 162 cm³/mol. The van der Waals surface area contributed by atoms with Gasteiger partial charge in [0.1, 0.15) is 5.75 Å². The molecule has 1 saturated heterocycles. The average molecular weight is 551 g/mol. The number of carbonyl (C=O) groups excluding carboxylic acids is 1. The van der Waals surface area contributed by atoms with E-state index in [2.05, 4.69) is 46.6 Å². The van der Waals surface area contributed by atoms with E-state index in [0.717, 1.165) is 64.5 Å². The maximum Gasteiger partial charge on any atom is 0.251 e. The Hall–Kier alpha value is -3.01. The summed E-state index contributed by atoms with van der Waals surface area (Å²) >= 11 is 0. The van der Waals surface area contributed by atoms with Gasteiger partial charge in [-0.1, -0.05) is 36.8 Å². The first-order valence-electron chi connectivity index (χ1n) is 13.1. The molecule has 7 heteroatoms. The van der Waals surface area contributed by atoms with Gasteiger partial charge in [-0.25, -0.2) is 0 Å². The van der Waals surface area contributed by atoms with E-state index < -0.39 is 7.14 Å². The van der Waals surface area contributed by atoms with E-state index in [0.29, 0.717) is 24.8 Å². The molecule has 0 atom stereocenters. The van der Waals surface area contributed by atoms with Crippen LogP contribution in [-0.2, 0) is 15.5 Å². The van der Waals surface area contributed by atoms with Crippen molar-refractivity contribution in [2.24, 2.45) is 0 Å². The van der Waals surface area contributed by atoms with Crippen molar-refractivity contribution in [3.8, 4) is 16.9 Å². The lowest BCUT2D eigenvalue weighted by atomic mass is 10.0. The van der Waals surface area contributed by atoms with Crippen molar-refractivity contribution in [3.63, 3.8) is 0 Å². The van der Waals surface area contributed by atoms with Crippen molar-refractivity contribution in [3.05, 3.63) is 83.4 Å². The number of rotatable bonds is 6. The van der Waals surface area contributed by atoms with Gasteiger partial charge in [0.25, 0.3) is 5.91 Å². The molecule has 1 N–H and O–H groups in total. The monoisotopic (exact) mass is 550 g/mol. The largest absolute Gasteiger partial charge is 0.493 e. The van der Waals surface area contributed by atoms with Crippen molar-refractivity contribution in [2.45, 2.75) is 31.8 Å². The third kappa shape index (κ3) is 6.70. The lowest BCUT2D eigenvalue weighted by molar-refractivity contribution is -0.113. The van der Waals surface area contributed by atoms with Crippen LogP contribution in [0, 0.1) is 0 Å². The van der Waals surface area contributed by atoms with E-state index in [1.165, 1.54) is 6.42 Å². The lowest BCUT2D eigenvalue weighted by Crippen LogP contribution is -2.15. The summed E-state index contributed by atoms with van der Waals surface area (Å²) in [5.41, 5.74) is 6.78. The number of carbonyl (C=O) groups is 1. The Balaban J connectivity index is 0.00000336. The quantitative estimate of drug-likeness (QED) is 0.320. The fourth-order valence-corrected chi connectivity index (χ4v) is 8.13. The van der Waals surface area contributed by atoms with E-state index >= 15 is 0 Å². The smallest absolute Gasteiger partial charge is 0.251 e. The first-order chi connectivity index (χ1) is 17.9. The highest BCUT2D eigenvalue weighted by atomic mass is 35.5. The highest BCUT2D eigenvalue weighted by molar-refractivity contribution is 7.63. The van der Waals surface area contributed by atoms with Crippen LogP contribution in [0.3, 0.4) is 0 Å². The van der Waals surface area contributed by atoms with Crippen LogP contribution in [0.15, 0.2) is 72.3 Å². The van der Waals surface area contributed by atoms with Gasteiger partial charge in [-0.2, -0.15) is 0 Å². The molecule has 0 saturated carbocycles. The minimum atomic E-state index is -2.08. The number of halogens is 1. The molecule has 5 rings (SSSR count). The molecule has 0 aromatic heterocycles. The molecular formula is C31H36ClN2O3P. The van der Waals surface area contributed by atoms with Crippen LogP contribution >= 0.6 is 19.5 Å². The molecule has 0 bridgehead atoms. The SMILES string of the molecule is CN(C)c1ccc(-c2ccc3c(c2)C=C(C(=O)Nc2ccc(CP4(=O)CCCCC4)cc2)CCO3)cc1.Cl. The fraction of sp³-hybridized carbons (Fsp3) is 0.323. The zero-order chi connectivity index (χ0) is 25.8. The topological polar surface area (TPSA) is 58.6 Å². The van der Waals surface area contributed by atoms with E-state index in [-0.39, 0.29) is 18.3 Å². The summed E-state index contributed by atoms with van der Waals surface area (Å²) in [6.45, 7) is 0.456. The van der Waals surface area contributed by atoms with Gasteiger partial charge in [0.15, 0.2) is 0 Å². The van der Waals surface area contributed by atoms with Crippen molar-refractivity contribution in [1.82, 2.24) is 0 Å². The van der Waals surface area contributed by atoms with Gasteiger partial charge in [-0.05, 0) is 72.0 Å². The van der Waals surface area contributed by atoms with Crippen LogP contribution in [0.4, 0.5) is 11.4 Å². The first kappa shape index (κ1) is 28.0. The standard InChI is InChI=1S/C31H35N2O3P.ClH/c1-33(2)29-13-8-24(9-14-29)25-10-15-30-27(20-25)21-26(16-17-36-30)31(34)32-28-11-6-23(7-12-28)22-37(35)18-4-3-5-19-37;/h6-15,20-21H,3-5,16-19,22H2,1-2H3,(H,32,34);1H. The van der Waals surface area contributed by atoms with Crippen molar-refractivity contribution in [2.75, 3.05) is 43.2 Å². The second kappa shape index (κ2) is 12.2. The molecule has 0 unspecified atom stereocenters. The number of hydrogen-bond donors (Lipinski definition) is 1. The number of amides is 1. The van der Waals surface area contributed by atoms with Gasteiger partial charge in [0.05, 0.1) is 13.7 Å². The second-order valence-corrected chi connectivity index (χ2v) is 13.7. The number of nitrogens with zero attached hydrogens (tertiary/aromatic N) is 1. The number of ether oxygens (including phenoxy) is 1. The summed E-state index contributed by atoms with van der Waals surface area (Å²) in [4.78, 5) is 15.2. The molecule has 5 nitrogen and oxygen atoms in total. The van der Waals surface area contributed by atoms with Crippen LogP contribution in [0.1, 0.15) is 36.8 Å². The van der Waals surface area contributed by atoms with Crippen molar-refractivity contribution in [1.29, 1.82) is 0 Å². The molecule has 200 valence electrons. The summed E-state index contributed by atoms with van der Waals surface area (Å²) in [7, 11) is 1.98. The number of nitrogens with one attached hydrogen (secondary N) is 1. The maximum atomic E-state index is 13.2. The molecule has 2 aliphatic heterocycles. The molecule has 0 radical (unpaired) electrons. The molecule has 0 spiro atoms. The first-order valence-corrected chi connectivity index (χ1v) is 15.4. The van der Waals surface area contributed by atoms with Gasteiger partial charge in [-0.15, -0.1) is 12.4 Å². The zero-order valence-electron chi connectivity index (χ0n) is 22.1. The predicted octanol–water partition coefficient (Wildman–Crippen LogP) is 7.69. The summed E-state index contributed by atoms with van der Waals surface area (Å²) in [5.74, 6) is 0.670. The normalized spacial score (nSPS) is 16.1. The van der Waals surface area contributed by atoms with Crippen LogP contribution in [0.5, 0.6) is 5.75 Å². The Morgan fingerprint density at radius 1 is 0.921 bits per heavy atom. The van der Waals surface area contributed by atoms with E-state index in [4.69, 9.17) is 4.74 Å². The summed E-state index contributed by atoms with van der Waals surface area (Å²) in [5, 5.41) is 3.04. The Bertz CT molecular complexity index is 1340. The average Bonchev–Trinajstić information content (AvgIpc) is 3.12.